The predicted octanol–water partition coefficient (Wildman–Crippen LogP) is 2.77. The molecule has 4 N–H and O–H groups in total. The van der Waals surface area contributed by atoms with E-state index in [1.54, 1.807) is 18.2 Å². The van der Waals surface area contributed by atoms with Gasteiger partial charge in [0.05, 0.1) is 24.0 Å². The Labute approximate surface area is 120 Å². The first-order valence-electron chi connectivity index (χ1n) is 5.61. The molecule has 0 amide bonds. The van der Waals surface area contributed by atoms with E-state index >= 15 is 0 Å². The molecule has 104 valence electrons. The van der Waals surface area contributed by atoms with Crippen molar-refractivity contribution in [3.05, 3.63) is 41.0 Å². The van der Waals surface area contributed by atoms with Gasteiger partial charge in [0.25, 0.3) is 0 Å². The van der Waals surface area contributed by atoms with Gasteiger partial charge in [0, 0.05) is 11.2 Å². The fraction of sp³-hybridized carbons (Fsp3) is 0.0769. The van der Waals surface area contributed by atoms with Gasteiger partial charge in [-0.3, -0.25) is 0 Å². The Hall–Kier alpha value is -2.47. The molecule has 2 aromatic rings. The van der Waals surface area contributed by atoms with Crippen molar-refractivity contribution >= 4 is 34.8 Å². The number of hydrogen-bond donors (Lipinski definition) is 3. The van der Waals surface area contributed by atoms with E-state index in [0.29, 0.717) is 16.5 Å². The Balaban J connectivity index is 2.42. The lowest BCUT2D eigenvalue weighted by Gasteiger charge is -2.13. The van der Waals surface area contributed by atoms with Gasteiger partial charge in [-0.1, -0.05) is 11.6 Å². The second kappa shape index (κ2) is 5.66. The molecule has 0 spiro atoms. The number of methoxy groups -OCH3 is 1. The van der Waals surface area contributed by atoms with E-state index in [1.807, 2.05) is 0 Å². The first-order valence-corrected chi connectivity index (χ1v) is 5.99. The van der Waals surface area contributed by atoms with E-state index < -0.39 is 5.97 Å². The SMILES string of the molecule is COc1ccc(Cl)cc1Nc1nccc(C(=O)O)c1N. The van der Waals surface area contributed by atoms with E-state index in [9.17, 15) is 4.79 Å². The summed E-state index contributed by atoms with van der Waals surface area (Å²) >= 11 is 5.92. The molecule has 7 heteroatoms. The summed E-state index contributed by atoms with van der Waals surface area (Å²) in [6.07, 6.45) is 1.36. The van der Waals surface area contributed by atoms with E-state index in [1.165, 1.54) is 19.4 Å². The van der Waals surface area contributed by atoms with Crippen molar-refractivity contribution in [2.45, 2.75) is 0 Å². The minimum absolute atomic E-state index is 0.0245. The third-order valence-corrected chi connectivity index (χ3v) is 2.87. The summed E-state index contributed by atoms with van der Waals surface area (Å²) < 4.78 is 5.18. The summed E-state index contributed by atoms with van der Waals surface area (Å²) in [5, 5.41) is 12.4. The molecule has 0 saturated heterocycles. The topological polar surface area (TPSA) is 97.5 Å². The van der Waals surface area contributed by atoms with Crippen LogP contribution in [0.25, 0.3) is 0 Å². The number of aromatic nitrogens is 1. The van der Waals surface area contributed by atoms with Crippen LogP contribution in [0.5, 0.6) is 5.75 Å². The number of rotatable bonds is 4. The van der Waals surface area contributed by atoms with Crippen LogP contribution in [-0.4, -0.2) is 23.2 Å². The van der Waals surface area contributed by atoms with Gasteiger partial charge in [0.15, 0.2) is 5.82 Å². The molecule has 0 saturated carbocycles. The monoisotopic (exact) mass is 293 g/mol. The number of carbonyl (C=O) groups is 1. The van der Waals surface area contributed by atoms with Crippen LogP contribution >= 0.6 is 11.6 Å². The fourth-order valence-corrected chi connectivity index (χ4v) is 1.84. The number of anilines is 3. The van der Waals surface area contributed by atoms with Crippen LogP contribution in [0.4, 0.5) is 17.2 Å². The summed E-state index contributed by atoms with van der Waals surface area (Å²) in [5.74, 6) is -0.354. The standard InChI is InChI=1S/C13H12ClN3O3/c1-20-10-3-2-7(14)6-9(10)17-12-11(15)8(13(18)19)4-5-16-12/h2-6H,15H2,1H3,(H,16,17)(H,18,19). The molecule has 20 heavy (non-hydrogen) atoms. The maximum atomic E-state index is 11.0. The second-order valence-corrected chi connectivity index (χ2v) is 4.33. The highest BCUT2D eigenvalue weighted by Crippen LogP contribution is 2.32. The quantitative estimate of drug-likeness (QED) is 0.802. The van der Waals surface area contributed by atoms with Crippen LogP contribution in [-0.2, 0) is 0 Å². The van der Waals surface area contributed by atoms with Crippen LogP contribution < -0.4 is 15.8 Å². The molecule has 0 unspecified atom stereocenters. The third kappa shape index (κ3) is 2.75. The van der Waals surface area contributed by atoms with Crippen LogP contribution in [0, 0.1) is 0 Å². The number of nitrogen functional groups attached to an aromatic ring is 1. The number of halogens is 1. The highest BCUT2D eigenvalue weighted by Gasteiger charge is 2.13. The minimum Gasteiger partial charge on any atom is -0.495 e. The molecule has 1 aromatic carbocycles. The molecule has 0 aliphatic heterocycles. The number of hydrogen-bond acceptors (Lipinski definition) is 5. The molecule has 0 fully saturated rings. The fourth-order valence-electron chi connectivity index (χ4n) is 1.66. The van der Waals surface area contributed by atoms with Gasteiger partial charge in [-0.15, -0.1) is 0 Å². The number of nitrogens with one attached hydrogen (secondary N) is 1. The number of carboxylic acid groups (broad SMARTS) is 1. The number of benzene rings is 1. The Morgan fingerprint density at radius 1 is 1.45 bits per heavy atom. The first-order chi connectivity index (χ1) is 9.52. The minimum atomic E-state index is -1.12. The van der Waals surface area contributed by atoms with E-state index in [-0.39, 0.29) is 17.1 Å². The summed E-state index contributed by atoms with van der Waals surface area (Å²) in [7, 11) is 1.51. The molecule has 6 nitrogen and oxygen atoms in total. The van der Waals surface area contributed by atoms with Crippen LogP contribution in [0.2, 0.25) is 5.02 Å². The average Bonchev–Trinajstić information content (AvgIpc) is 2.41. The lowest BCUT2D eigenvalue weighted by atomic mass is 10.2. The van der Waals surface area contributed by atoms with Gasteiger partial charge in [0.2, 0.25) is 0 Å². The number of pyridine rings is 1. The third-order valence-electron chi connectivity index (χ3n) is 2.64. The molecule has 0 radical (unpaired) electrons. The number of nitrogens with two attached hydrogens (primary N) is 1. The number of ether oxygens (including phenoxy) is 1. The van der Waals surface area contributed by atoms with Crippen LogP contribution in [0.1, 0.15) is 10.4 Å². The average molecular weight is 294 g/mol. The molecule has 0 aliphatic carbocycles. The van der Waals surface area contributed by atoms with Crippen molar-refractivity contribution in [2.75, 3.05) is 18.2 Å². The molecular weight excluding hydrogens is 282 g/mol. The summed E-state index contributed by atoms with van der Waals surface area (Å²) in [6.45, 7) is 0. The number of carboxylic acids is 1. The zero-order valence-electron chi connectivity index (χ0n) is 10.6. The smallest absolute Gasteiger partial charge is 0.337 e. The zero-order valence-corrected chi connectivity index (χ0v) is 11.3. The van der Waals surface area contributed by atoms with Gasteiger partial charge in [-0.25, -0.2) is 9.78 Å². The van der Waals surface area contributed by atoms with E-state index in [4.69, 9.17) is 27.2 Å². The van der Waals surface area contributed by atoms with Gasteiger partial charge in [0.1, 0.15) is 5.75 Å². The Bertz CT molecular complexity index is 661. The molecular formula is C13H12ClN3O3. The molecule has 0 atom stereocenters. The molecule has 0 aliphatic rings. The van der Waals surface area contributed by atoms with Crippen molar-refractivity contribution in [3.8, 4) is 5.75 Å². The Morgan fingerprint density at radius 3 is 2.85 bits per heavy atom. The van der Waals surface area contributed by atoms with Gasteiger partial charge < -0.3 is 20.9 Å². The lowest BCUT2D eigenvalue weighted by Crippen LogP contribution is -2.07. The van der Waals surface area contributed by atoms with Crippen molar-refractivity contribution in [1.29, 1.82) is 0 Å². The van der Waals surface area contributed by atoms with Crippen molar-refractivity contribution < 1.29 is 14.6 Å². The zero-order chi connectivity index (χ0) is 14.7. The molecule has 1 aromatic heterocycles. The van der Waals surface area contributed by atoms with E-state index in [0.717, 1.165) is 0 Å². The number of aromatic carboxylic acids is 1. The Kier molecular flexibility index (Phi) is 3.95. The summed E-state index contributed by atoms with van der Waals surface area (Å²) in [5.41, 5.74) is 6.34. The highest BCUT2D eigenvalue weighted by atomic mass is 35.5. The largest absolute Gasteiger partial charge is 0.495 e. The Morgan fingerprint density at radius 2 is 2.20 bits per heavy atom. The number of nitrogens with zero attached hydrogens (tertiary/aromatic N) is 1. The predicted molar refractivity (Wildman–Crippen MR) is 76.9 cm³/mol. The molecule has 1 heterocycles. The van der Waals surface area contributed by atoms with Crippen LogP contribution in [0.3, 0.4) is 0 Å². The van der Waals surface area contributed by atoms with Crippen molar-refractivity contribution in [2.24, 2.45) is 0 Å². The molecule has 0 bridgehead atoms. The molecule has 2 rings (SSSR count). The van der Waals surface area contributed by atoms with Crippen molar-refractivity contribution in [3.63, 3.8) is 0 Å². The maximum Gasteiger partial charge on any atom is 0.337 e. The first kappa shape index (κ1) is 14.0. The van der Waals surface area contributed by atoms with Gasteiger partial charge >= 0.3 is 5.97 Å². The lowest BCUT2D eigenvalue weighted by molar-refractivity contribution is 0.0698. The van der Waals surface area contributed by atoms with E-state index in [2.05, 4.69) is 10.3 Å². The highest BCUT2D eigenvalue weighted by molar-refractivity contribution is 6.31. The van der Waals surface area contributed by atoms with Crippen LogP contribution in [0.15, 0.2) is 30.5 Å². The van der Waals surface area contributed by atoms with Gasteiger partial charge in [-0.05, 0) is 24.3 Å². The normalized spacial score (nSPS) is 10.1. The summed E-state index contributed by atoms with van der Waals surface area (Å²) in [6, 6.07) is 6.32. The van der Waals surface area contributed by atoms with Crippen molar-refractivity contribution in [1.82, 2.24) is 4.98 Å². The maximum absolute atomic E-state index is 11.0. The summed E-state index contributed by atoms with van der Waals surface area (Å²) in [4.78, 5) is 15.0. The van der Waals surface area contributed by atoms with Gasteiger partial charge in [-0.2, -0.15) is 0 Å². The second-order valence-electron chi connectivity index (χ2n) is 3.90.